The molecule has 1 aliphatic rings. The van der Waals surface area contributed by atoms with Gasteiger partial charge in [0.05, 0.1) is 22.4 Å². The third-order valence-electron chi connectivity index (χ3n) is 5.96. The lowest BCUT2D eigenvalue weighted by atomic mass is 9.93. The van der Waals surface area contributed by atoms with E-state index in [0.717, 1.165) is 16.7 Å². The van der Waals surface area contributed by atoms with E-state index in [2.05, 4.69) is 41.3 Å². The number of hydrogen-bond donors (Lipinski definition) is 3. The van der Waals surface area contributed by atoms with Gasteiger partial charge in [-0.3, -0.25) is 9.79 Å². The van der Waals surface area contributed by atoms with E-state index in [1.54, 1.807) is 12.1 Å². The van der Waals surface area contributed by atoms with Crippen LogP contribution in [0.5, 0.6) is 0 Å². The molecule has 1 atom stereocenters. The zero-order valence-electron chi connectivity index (χ0n) is 18.3. The SMILES string of the molecule is CC(C)c1ccccc1CC1N=C(c2ccc3[nH]c(=O)[nH]c3c2)c2cc(Cl)ccc2NC1=O. The highest BCUT2D eigenvalue weighted by Gasteiger charge is 2.27. The van der Waals surface area contributed by atoms with Gasteiger partial charge in [-0.2, -0.15) is 0 Å². The number of anilines is 1. The minimum Gasteiger partial charge on any atom is -0.324 e. The maximum absolute atomic E-state index is 13.2. The van der Waals surface area contributed by atoms with Crippen molar-refractivity contribution in [2.24, 2.45) is 4.99 Å². The molecule has 3 N–H and O–H groups in total. The van der Waals surface area contributed by atoms with E-state index in [1.807, 2.05) is 36.4 Å². The van der Waals surface area contributed by atoms with Gasteiger partial charge in [-0.05, 0) is 47.4 Å². The van der Waals surface area contributed by atoms with Crippen LogP contribution >= 0.6 is 11.6 Å². The first-order valence-electron chi connectivity index (χ1n) is 10.9. The van der Waals surface area contributed by atoms with Crippen LogP contribution in [0.2, 0.25) is 5.02 Å². The molecule has 0 saturated carbocycles. The second kappa shape index (κ2) is 8.37. The van der Waals surface area contributed by atoms with Gasteiger partial charge in [-0.25, -0.2) is 4.79 Å². The topological polar surface area (TPSA) is 90.1 Å². The maximum atomic E-state index is 13.2. The number of rotatable bonds is 4. The van der Waals surface area contributed by atoms with Crippen molar-refractivity contribution in [2.45, 2.75) is 32.2 Å². The summed E-state index contributed by atoms with van der Waals surface area (Å²) < 4.78 is 0. The fraction of sp³-hybridized carbons (Fsp3) is 0.192. The van der Waals surface area contributed by atoms with Gasteiger partial charge >= 0.3 is 5.69 Å². The quantitative estimate of drug-likeness (QED) is 0.400. The van der Waals surface area contributed by atoms with Gasteiger partial charge in [0.15, 0.2) is 0 Å². The van der Waals surface area contributed by atoms with Gasteiger partial charge in [-0.15, -0.1) is 0 Å². The monoisotopic (exact) mass is 458 g/mol. The summed E-state index contributed by atoms with van der Waals surface area (Å²) in [5, 5.41) is 3.58. The predicted molar refractivity (Wildman–Crippen MR) is 133 cm³/mol. The van der Waals surface area contributed by atoms with Gasteiger partial charge < -0.3 is 15.3 Å². The molecular formula is C26H23ClN4O2. The Labute approximate surface area is 195 Å². The third-order valence-corrected chi connectivity index (χ3v) is 6.20. The first-order valence-corrected chi connectivity index (χ1v) is 11.3. The summed E-state index contributed by atoms with van der Waals surface area (Å²) in [6.07, 6.45) is 0.481. The number of fused-ring (bicyclic) bond motifs is 2. The number of H-pyrrole nitrogens is 2. The molecule has 0 saturated heterocycles. The molecule has 5 rings (SSSR count). The molecule has 166 valence electrons. The highest BCUT2D eigenvalue weighted by Crippen LogP contribution is 2.29. The molecule has 0 aliphatic carbocycles. The summed E-state index contributed by atoms with van der Waals surface area (Å²) >= 11 is 6.32. The first-order chi connectivity index (χ1) is 15.9. The van der Waals surface area contributed by atoms with Crippen LogP contribution in [0.1, 0.15) is 42.0 Å². The van der Waals surface area contributed by atoms with Gasteiger partial charge in [0.1, 0.15) is 6.04 Å². The number of aliphatic imine (C=N–C) groups is 1. The number of imidazole rings is 1. The predicted octanol–water partition coefficient (Wildman–Crippen LogP) is 5.03. The molecule has 0 fully saturated rings. The van der Waals surface area contributed by atoms with E-state index in [4.69, 9.17) is 16.6 Å². The van der Waals surface area contributed by atoms with Crippen LogP contribution in [-0.2, 0) is 11.2 Å². The molecule has 1 aliphatic heterocycles. The Morgan fingerprint density at radius 3 is 2.58 bits per heavy atom. The van der Waals surface area contributed by atoms with Gasteiger partial charge in [0.25, 0.3) is 0 Å². The lowest BCUT2D eigenvalue weighted by Gasteiger charge is -2.16. The van der Waals surface area contributed by atoms with Crippen LogP contribution in [0, 0.1) is 0 Å². The highest BCUT2D eigenvalue weighted by molar-refractivity contribution is 6.32. The van der Waals surface area contributed by atoms with Gasteiger partial charge in [0.2, 0.25) is 5.91 Å². The molecule has 3 aromatic carbocycles. The molecule has 1 aromatic heterocycles. The Hall–Kier alpha value is -3.64. The normalized spacial score (nSPS) is 15.8. The van der Waals surface area contributed by atoms with Crippen molar-refractivity contribution in [1.29, 1.82) is 0 Å². The van der Waals surface area contributed by atoms with E-state index in [1.165, 1.54) is 5.56 Å². The van der Waals surface area contributed by atoms with E-state index in [-0.39, 0.29) is 11.6 Å². The summed E-state index contributed by atoms with van der Waals surface area (Å²) in [7, 11) is 0. The summed E-state index contributed by atoms with van der Waals surface area (Å²) in [6.45, 7) is 4.29. The number of nitrogens with one attached hydrogen (secondary N) is 3. The number of carbonyl (C=O) groups excluding carboxylic acids is 1. The van der Waals surface area contributed by atoms with Crippen LogP contribution < -0.4 is 11.0 Å². The average Bonchev–Trinajstić information content (AvgIpc) is 3.10. The Bertz CT molecular complexity index is 1460. The minimum atomic E-state index is -0.618. The molecule has 1 unspecified atom stereocenters. The van der Waals surface area contributed by atoms with E-state index in [9.17, 15) is 9.59 Å². The molecule has 0 bridgehead atoms. The lowest BCUT2D eigenvalue weighted by Crippen LogP contribution is -2.28. The molecule has 1 amide bonds. The fourth-order valence-electron chi connectivity index (χ4n) is 4.36. The first kappa shape index (κ1) is 21.2. The highest BCUT2D eigenvalue weighted by atomic mass is 35.5. The number of nitrogens with zero attached hydrogens (tertiary/aromatic N) is 1. The minimum absolute atomic E-state index is 0.164. The van der Waals surface area contributed by atoms with Crippen LogP contribution in [0.4, 0.5) is 5.69 Å². The Kier molecular flexibility index (Phi) is 5.38. The van der Waals surface area contributed by atoms with Crippen molar-refractivity contribution in [3.05, 3.63) is 98.4 Å². The lowest BCUT2D eigenvalue weighted by molar-refractivity contribution is -0.117. The number of aromatic amines is 2. The number of benzene rings is 3. The zero-order valence-corrected chi connectivity index (χ0v) is 19.0. The molecule has 4 aromatic rings. The summed E-state index contributed by atoms with van der Waals surface area (Å²) in [5.74, 6) is 0.172. The van der Waals surface area contributed by atoms with Crippen LogP contribution in [0.3, 0.4) is 0 Å². The summed E-state index contributed by atoms with van der Waals surface area (Å²) in [6, 6.07) is 18.5. The number of halogens is 1. The van der Waals surface area contributed by atoms with Gasteiger partial charge in [-0.1, -0.05) is 55.8 Å². The summed E-state index contributed by atoms with van der Waals surface area (Å²) in [4.78, 5) is 35.5. The number of amides is 1. The number of benzodiazepines with no additional fused rings is 1. The maximum Gasteiger partial charge on any atom is 0.323 e. The molecule has 2 heterocycles. The number of carbonyl (C=O) groups is 1. The number of aromatic nitrogens is 2. The van der Waals surface area contributed by atoms with Crippen molar-refractivity contribution in [3.8, 4) is 0 Å². The second-order valence-electron chi connectivity index (χ2n) is 8.57. The van der Waals surface area contributed by atoms with E-state index < -0.39 is 6.04 Å². The molecule has 0 radical (unpaired) electrons. The van der Waals surface area contributed by atoms with Crippen LogP contribution in [0.15, 0.2) is 70.5 Å². The molecule has 6 nitrogen and oxygen atoms in total. The molecular weight excluding hydrogens is 436 g/mol. The second-order valence-corrected chi connectivity index (χ2v) is 9.01. The Balaban J connectivity index is 1.66. The summed E-state index contributed by atoms with van der Waals surface area (Å²) in [5.41, 5.74) is 6.27. The Morgan fingerprint density at radius 2 is 1.76 bits per heavy atom. The van der Waals surface area contributed by atoms with E-state index in [0.29, 0.717) is 39.8 Å². The third kappa shape index (κ3) is 4.10. The number of hydrogen-bond acceptors (Lipinski definition) is 3. The van der Waals surface area contributed by atoms with Crippen molar-refractivity contribution >= 4 is 39.9 Å². The molecule has 33 heavy (non-hydrogen) atoms. The van der Waals surface area contributed by atoms with Crippen molar-refractivity contribution in [3.63, 3.8) is 0 Å². The van der Waals surface area contributed by atoms with Crippen molar-refractivity contribution in [2.75, 3.05) is 5.32 Å². The smallest absolute Gasteiger partial charge is 0.323 e. The van der Waals surface area contributed by atoms with Gasteiger partial charge in [0, 0.05) is 22.6 Å². The van der Waals surface area contributed by atoms with Crippen molar-refractivity contribution in [1.82, 2.24) is 9.97 Å². The van der Waals surface area contributed by atoms with Crippen molar-refractivity contribution < 1.29 is 4.79 Å². The van der Waals surface area contributed by atoms with Crippen LogP contribution in [-0.4, -0.2) is 27.6 Å². The Morgan fingerprint density at radius 1 is 0.970 bits per heavy atom. The zero-order chi connectivity index (χ0) is 23.1. The fourth-order valence-corrected chi connectivity index (χ4v) is 4.53. The van der Waals surface area contributed by atoms with E-state index >= 15 is 0 Å². The standard InChI is InChI=1S/C26H23ClN4O2/c1-14(2)18-6-4-3-5-15(18)11-23-25(32)29-20-10-8-17(27)13-19(20)24(28-23)16-7-9-21-22(12-16)31-26(33)30-21/h3-10,12-14,23H,11H2,1-2H3,(H,29,32)(H2,30,31,33). The largest absolute Gasteiger partial charge is 0.324 e. The average molecular weight is 459 g/mol. The van der Waals surface area contributed by atoms with Crippen LogP contribution in [0.25, 0.3) is 11.0 Å². The molecule has 7 heteroatoms. The molecule has 0 spiro atoms.